The molecular formula is C14H21N3O3S. The van der Waals surface area contributed by atoms with E-state index in [1.54, 1.807) is 28.1 Å². The van der Waals surface area contributed by atoms with Gasteiger partial charge >= 0.3 is 0 Å². The SMILES string of the molecule is COCC(CNc1sc(C(=O)C(C)C)c(N)c1C#N)OC. The molecule has 0 bridgehead atoms. The molecule has 1 unspecified atom stereocenters. The van der Waals surface area contributed by atoms with Crippen LogP contribution in [-0.2, 0) is 9.47 Å². The number of carbonyl (C=O) groups excluding carboxylic acids is 1. The topological polar surface area (TPSA) is 97.4 Å². The maximum atomic E-state index is 12.1. The average Bonchev–Trinajstić information content (AvgIpc) is 2.78. The Hall–Kier alpha value is -1.62. The summed E-state index contributed by atoms with van der Waals surface area (Å²) in [5.41, 5.74) is 6.49. The van der Waals surface area contributed by atoms with Crippen molar-refractivity contribution in [3.63, 3.8) is 0 Å². The summed E-state index contributed by atoms with van der Waals surface area (Å²) >= 11 is 1.21. The van der Waals surface area contributed by atoms with Gasteiger partial charge in [-0.1, -0.05) is 13.8 Å². The van der Waals surface area contributed by atoms with Crippen molar-refractivity contribution in [3.8, 4) is 6.07 Å². The summed E-state index contributed by atoms with van der Waals surface area (Å²) in [7, 11) is 3.18. The number of nitrogen functional groups attached to an aromatic ring is 1. The fraction of sp³-hybridized carbons (Fsp3) is 0.571. The molecule has 1 aromatic heterocycles. The summed E-state index contributed by atoms with van der Waals surface area (Å²) < 4.78 is 10.3. The lowest BCUT2D eigenvalue weighted by Gasteiger charge is -2.15. The van der Waals surface area contributed by atoms with Crippen LogP contribution >= 0.6 is 11.3 Å². The zero-order chi connectivity index (χ0) is 16.0. The van der Waals surface area contributed by atoms with E-state index in [0.29, 0.717) is 28.6 Å². The number of Topliss-reactive ketones (excluding diaryl/α,β-unsaturated/α-hetero) is 1. The molecule has 1 heterocycles. The maximum Gasteiger partial charge on any atom is 0.177 e. The second-order valence-electron chi connectivity index (χ2n) is 4.87. The molecule has 0 saturated heterocycles. The number of hydrogen-bond donors (Lipinski definition) is 2. The van der Waals surface area contributed by atoms with E-state index in [-0.39, 0.29) is 23.5 Å². The Morgan fingerprint density at radius 3 is 2.62 bits per heavy atom. The minimum atomic E-state index is -0.162. The minimum Gasteiger partial charge on any atom is -0.396 e. The highest BCUT2D eigenvalue weighted by Crippen LogP contribution is 2.36. The first-order valence-corrected chi connectivity index (χ1v) is 7.40. The van der Waals surface area contributed by atoms with Gasteiger partial charge in [-0.05, 0) is 0 Å². The third-order valence-electron chi connectivity index (χ3n) is 2.98. The molecule has 0 spiro atoms. The van der Waals surface area contributed by atoms with Crippen LogP contribution in [0, 0.1) is 17.2 Å². The summed E-state index contributed by atoms with van der Waals surface area (Å²) in [6.45, 7) is 4.51. The highest BCUT2D eigenvalue weighted by Gasteiger charge is 2.23. The van der Waals surface area contributed by atoms with Gasteiger partial charge in [0.25, 0.3) is 0 Å². The largest absolute Gasteiger partial charge is 0.396 e. The zero-order valence-electron chi connectivity index (χ0n) is 12.7. The molecular weight excluding hydrogens is 290 g/mol. The van der Waals surface area contributed by atoms with Gasteiger partial charge in [0.2, 0.25) is 0 Å². The van der Waals surface area contributed by atoms with Gasteiger partial charge in [-0.3, -0.25) is 4.79 Å². The monoisotopic (exact) mass is 311 g/mol. The number of nitrogens with one attached hydrogen (secondary N) is 1. The van der Waals surface area contributed by atoms with Crippen molar-refractivity contribution in [1.82, 2.24) is 0 Å². The summed E-state index contributed by atoms with van der Waals surface area (Å²) in [5.74, 6) is -0.215. The third-order valence-corrected chi connectivity index (χ3v) is 4.16. The highest BCUT2D eigenvalue weighted by molar-refractivity contribution is 7.19. The molecule has 0 aliphatic rings. The van der Waals surface area contributed by atoms with Crippen LogP contribution in [0.25, 0.3) is 0 Å². The summed E-state index contributed by atoms with van der Waals surface area (Å²) in [5, 5.41) is 12.9. The van der Waals surface area contributed by atoms with Crippen molar-refractivity contribution in [2.24, 2.45) is 5.92 Å². The van der Waals surface area contributed by atoms with E-state index in [9.17, 15) is 10.1 Å². The van der Waals surface area contributed by atoms with E-state index in [2.05, 4.69) is 11.4 Å². The van der Waals surface area contributed by atoms with Gasteiger partial charge in [-0.25, -0.2) is 0 Å². The minimum absolute atomic E-state index is 0.0535. The van der Waals surface area contributed by atoms with Gasteiger partial charge in [0.05, 0.1) is 23.3 Å². The number of hydrogen-bond acceptors (Lipinski definition) is 7. The van der Waals surface area contributed by atoms with E-state index < -0.39 is 0 Å². The van der Waals surface area contributed by atoms with Gasteiger partial charge < -0.3 is 20.5 Å². The van der Waals surface area contributed by atoms with Gasteiger partial charge in [0, 0.05) is 26.7 Å². The second-order valence-corrected chi connectivity index (χ2v) is 5.89. The number of carbonyl (C=O) groups is 1. The van der Waals surface area contributed by atoms with Crippen LogP contribution in [0.2, 0.25) is 0 Å². The molecule has 0 fully saturated rings. The summed E-state index contributed by atoms with van der Waals surface area (Å²) in [6.07, 6.45) is -0.144. The van der Waals surface area contributed by atoms with Crippen LogP contribution in [0.1, 0.15) is 29.1 Å². The Kier molecular flexibility index (Phi) is 6.62. The highest BCUT2D eigenvalue weighted by atomic mass is 32.1. The number of ketones is 1. The number of ether oxygens (including phenoxy) is 2. The molecule has 21 heavy (non-hydrogen) atoms. The Balaban J connectivity index is 2.95. The number of nitrogens with zero attached hydrogens (tertiary/aromatic N) is 1. The van der Waals surface area contributed by atoms with Crippen molar-refractivity contribution in [2.45, 2.75) is 20.0 Å². The molecule has 0 aliphatic heterocycles. The summed E-state index contributed by atoms with van der Waals surface area (Å²) in [6, 6.07) is 2.05. The van der Waals surface area contributed by atoms with Crippen molar-refractivity contribution < 1.29 is 14.3 Å². The van der Waals surface area contributed by atoms with E-state index in [1.807, 2.05) is 0 Å². The molecule has 0 aliphatic carbocycles. The molecule has 3 N–H and O–H groups in total. The van der Waals surface area contributed by atoms with E-state index in [1.165, 1.54) is 11.3 Å². The zero-order valence-corrected chi connectivity index (χ0v) is 13.5. The first-order chi connectivity index (χ1) is 9.96. The van der Waals surface area contributed by atoms with Gasteiger partial charge in [0.1, 0.15) is 16.6 Å². The van der Waals surface area contributed by atoms with Crippen molar-refractivity contribution in [2.75, 3.05) is 38.4 Å². The van der Waals surface area contributed by atoms with Gasteiger partial charge in [0.15, 0.2) is 5.78 Å². The third kappa shape index (κ3) is 4.17. The van der Waals surface area contributed by atoms with Gasteiger partial charge in [-0.15, -0.1) is 11.3 Å². The summed E-state index contributed by atoms with van der Waals surface area (Å²) in [4.78, 5) is 12.5. The van der Waals surface area contributed by atoms with Crippen LogP contribution in [0.3, 0.4) is 0 Å². The molecule has 6 nitrogen and oxygen atoms in total. The van der Waals surface area contributed by atoms with Crippen LogP contribution < -0.4 is 11.1 Å². The Morgan fingerprint density at radius 2 is 2.14 bits per heavy atom. The van der Waals surface area contributed by atoms with E-state index >= 15 is 0 Å². The molecule has 0 saturated carbocycles. The number of anilines is 2. The first-order valence-electron chi connectivity index (χ1n) is 6.58. The van der Waals surface area contributed by atoms with Crippen LogP contribution in [0.4, 0.5) is 10.7 Å². The molecule has 0 amide bonds. The molecule has 1 atom stereocenters. The predicted molar refractivity (Wildman–Crippen MR) is 83.8 cm³/mol. The molecule has 116 valence electrons. The van der Waals surface area contributed by atoms with Crippen LogP contribution in [0.15, 0.2) is 0 Å². The number of nitrogens with two attached hydrogens (primary N) is 1. The van der Waals surface area contributed by atoms with E-state index in [4.69, 9.17) is 15.2 Å². The van der Waals surface area contributed by atoms with Crippen molar-refractivity contribution in [1.29, 1.82) is 5.26 Å². The lowest BCUT2D eigenvalue weighted by Crippen LogP contribution is -2.26. The quantitative estimate of drug-likeness (QED) is 0.714. The number of thiophene rings is 1. The second kappa shape index (κ2) is 7.98. The lowest BCUT2D eigenvalue weighted by molar-refractivity contribution is 0.0366. The van der Waals surface area contributed by atoms with E-state index in [0.717, 1.165) is 0 Å². The Morgan fingerprint density at radius 1 is 1.48 bits per heavy atom. The number of methoxy groups -OCH3 is 2. The molecule has 0 radical (unpaired) electrons. The fourth-order valence-corrected chi connectivity index (χ4v) is 2.89. The Labute approximate surface area is 128 Å². The van der Waals surface area contributed by atoms with Crippen molar-refractivity contribution in [3.05, 3.63) is 10.4 Å². The standard InChI is InChI=1S/C14H21N3O3S/c1-8(2)12(18)13-11(16)10(5-15)14(21-13)17-6-9(20-4)7-19-3/h8-9,17H,6-7,16H2,1-4H3. The number of rotatable bonds is 8. The lowest BCUT2D eigenvalue weighted by atomic mass is 10.1. The Bertz CT molecular complexity index is 534. The van der Waals surface area contributed by atoms with Crippen molar-refractivity contribution >= 4 is 27.8 Å². The molecule has 0 aromatic carbocycles. The average molecular weight is 311 g/mol. The molecule has 1 rings (SSSR count). The van der Waals surface area contributed by atoms with Crippen LogP contribution in [-0.4, -0.2) is 39.3 Å². The predicted octanol–water partition coefficient (Wildman–Crippen LogP) is 2.11. The first kappa shape index (κ1) is 17.4. The normalized spacial score (nSPS) is 12.2. The smallest absolute Gasteiger partial charge is 0.177 e. The van der Waals surface area contributed by atoms with Gasteiger partial charge in [-0.2, -0.15) is 5.26 Å². The molecule has 1 aromatic rings. The number of nitriles is 1. The fourth-order valence-electron chi connectivity index (χ4n) is 1.73. The molecule has 7 heteroatoms. The maximum absolute atomic E-state index is 12.1. The van der Waals surface area contributed by atoms with Crippen LogP contribution in [0.5, 0.6) is 0 Å².